The number of fused-ring (bicyclic) bond motifs is 1. The molecule has 1 aliphatic heterocycles. The van der Waals surface area contributed by atoms with Crippen LogP contribution in [0.2, 0.25) is 0 Å². The van der Waals surface area contributed by atoms with Gasteiger partial charge in [-0.15, -0.1) is 0 Å². The largest absolute Gasteiger partial charge is 0.343 e. The molecule has 0 saturated carbocycles. The number of hydrogen-bond acceptors (Lipinski definition) is 4. The maximum Gasteiger partial charge on any atom is 0.243 e. The number of hydrogen-bond donors (Lipinski definition) is 3. The number of nitrogens with one attached hydrogen (secondary N) is 3. The summed E-state index contributed by atoms with van der Waals surface area (Å²) in [6.07, 6.45) is 0.738. The number of carbonyl (C=O) groups is 2. The lowest BCUT2D eigenvalue weighted by atomic mass is 9.97. The average molecular weight is 526 g/mol. The van der Waals surface area contributed by atoms with E-state index in [1.165, 1.54) is 6.07 Å². The zero-order valence-electron chi connectivity index (χ0n) is 20.5. The van der Waals surface area contributed by atoms with Gasteiger partial charge in [-0.05, 0) is 46.9 Å². The third-order valence-electron chi connectivity index (χ3n) is 6.50. The van der Waals surface area contributed by atoms with Crippen LogP contribution in [0.5, 0.6) is 0 Å². The molecule has 0 saturated heterocycles. The predicted molar refractivity (Wildman–Crippen MR) is 146 cm³/mol. The van der Waals surface area contributed by atoms with Crippen molar-refractivity contribution >= 4 is 27.5 Å². The van der Waals surface area contributed by atoms with E-state index in [9.17, 15) is 18.0 Å². The van der Waals surface area contributed by atoms with Crippen LogP contribution in [0.25, 0.3) is 0 Å². The SMILES string of the molecule is O=C1CCc2cc(S(=O)(=O)N[C@@H](C(=O)NC(c3ccccc3)c3ccccc3)c3ccccc3)ccc2N1. The minimum absolute atomic E-state index is 0.0313. The van der Waals surface area contributed by atoms with Gasteiger partial charge in [0, 0.05) is 12.1 Å². The number of sulfonamides is 1. The molecule has 1 aliphatic rings. The van der Waals surface area contributed by atoms with Crippen LogP contribution in [-0.2, 0) is 26.0 Å². The van der Waals surface area contributed by atoms with Gasteiger partial charge >= 0.3 is 0 Å². The summed E-state index contributed by atoms with van der Waals surface area (Å²) in [5, 5.41) is 5.82. The Bertz CT molecular complexity index is 1500. The van der Waals surface area contributed by atoms with Gasteiger partial charge in [-0.25, -0.2) is 8.42 Å². The molecule has 0 fully saturated rings. The molecular weight excluding hydrogens is 498 g/mol. The highest BCUT2D eigenvalue weighted by atomic mass is 32.2. The Kier molecular flexibility index (Phi) is 7.35. The first-order chi connectivity index (χ1) is 18.4. The van der Waals surface area contributed by atoms with E-state index in [2.05, 4.69) is 15.4 Å². The standard InChI is InChI=1S/C30H27N3O4S/c34-27-19-16-24-20-25(17-18-26(24)31-27)38(36,37)33-29(23-14-8-3-9-15-23)30(35)32-28(21-10-4-1-5-11-21)22-12-6-2-7-13-22/h1-15,17-18,20,28-29,33H,16,19H2,(H,31,34)(H,32,35)/t29-/m1/s1. The fourth-order valence-corrected chi connectivity index (χ4v) is 5.78. The van der Waals surface area contributed by atoms with Gasteiger partial charge in [-0.3, -0.25) is 9.59 Å². The molecule has 4 aromatic carbocycles. The predicted octanol–water partition coefficient (Wildman–Crippen LogP) is 4.50. The summed E-state index contributed by atoms with van der Waals surface area (Å²) in [5.41, 5.74) is 3.60. The second kappa shape index (κ2) is 11.0. The van der Waals surface area contributed by atoms with Crippen LogP contribution in [0, 0.1) is 0 Å². The van der Waals surface area contributed by atoms with Gasteiger partial charge in [-0.2, -0.15) is 4.72 Å². The van der Waals surface area contributed by atoms with Crippen molar-refractivity contribution in [2.75, 3.05) is 5.32 Å². The number of carbonyl (C=O) groups excluding carboxylic acids is 2. The van der Waals surface area contributed by atoms with Crippen LogP contribution >= 0.6 is 0 Å². The van der Waals surface area contributed by atoms with E-state index < -0.39 is 28.0 Å². The summed E-state index contributed by atoms with van der Waals surface area (Å²) in [6, 6.07) is 30.8. The molecule has 8 heteroatoms. The van der Waals surface area contributed by atoms with Gasteiger partial charge in [0.15, 0.2) is 0 Å². The third-order valence-corrected chi connectivity index (χ3v) is 7.92. The molecule has 0 spiro atoms. The molecular formula is C30H27N3O4S. The van der Waals surface area contributed by atoms with Gasteiger partial charge < -0.3 is 10.6 Å². The van der Waals surface area contributed by atoms with Gasteiger partial charge in [-0.1, -0.05) is 91.0 Å². The summed E-state index contributed by atoms with van der Waals surface area (Å²) >= 11 is 0. The molecule has 192 valence electrons. The Balaban J connectivity index is 1.47. The molecule has 38 heavy (non-hydrogen) atoms. The van der Waals surface area contributed by atoms with Crippen molar-refractivity contribution in [2.45, 2.75) is 29.8 Å². The van der Waals surface area contributed by atoms with Gasteiger partial charge in [0.25, 0.3) is 0 Å². The quantitative estimate of drug-likeness (QED) is 0.315. The number of benzene rings is 4. The Morgan fingerprint density at radius 1 is 0.737 bits per heavy atom. The summed E-state index contributed by atoms with van der Waals surface area (Å²) in [7, 11) is -4.09. The first-order valence-corrected chi connectivity index (χ1v) is 13.8. The van der Waals surface area contributed by atoms with E-state index in [1.54, 1.807) is 36.4 Å². The number of anilines is 1. The molecule has 1 heterocycles. The van der Waals surface area contributed by atoms with Crippen molar-refractivity contribution in [3.63, 3.8) is 0 Å². The molecule has 2 amide bonds. The Morgan fingerprint density at radius 3 is 1.87 bits per heavy atom. The van der Waals surface area contributed by atoms with Gasteiger partial charge in [0.2, 0.25) is 21.8 Å². The second-order valence-electron chi connectivity index (χ2n) is 9.10. The summed E-state index contributed by atoms with van der Waals surface area (Å²) in [5.74, 6) is -0.582. The molecule has 0 aliphatic carbocycles. The minimum Gasteiger partial charge on any atom is -0.343 e. The van der Waals surface area contributed by atoms with Crippen molar-refractivity contribution < 1.29 is 18.0 Å². The lowest BCUT2D eigenvalue weighted by molar-refractivity contribution is -0.123. The maximum atomic E-state index is 13.8. The van der Waals surface area contributed by atoms with Gasteiger partial charge in [0.1, 0.15) is 6.04 Å². The second-order valence-corrected chi connectivity index (χ2v) is 10.8. The van der Waals surface area contributed by atoms with E-state index in [-0.39, 0.29) is 10.8 Å². The van der Waals surface area contributed by atoms with Crippen molar-refractivity contribution in [3.8, 4) is 0 Å². The zero-order chi connectivity index (χ0) is 26.5. The summed E-state index contributed by atoms with van der Waals surface area (Å²) < 4.78 is 29.7. The van der Waals surface area contributed by atoms with Crippen molar-refractivity contribution in [3.05, 3.63) is 131 Å². The molecule has 3 N–H and O–H groups in total. The lowest BCUT2D eigenvalue weighted by Crippen LogP contribution is -2.42. The summed E-state index contributed by atoms with van der Waals surface area (Å²) in [6.45, 7) is 0. The smallest absolute Gasteiger partial charge is 0.243 e. The normalized spacial score (nSPS) is 13.9. The van der Waals surface area contributed by atoms with Crippen LogP contribution in [-0.4, -0.2) is 20.2 Å². The monoisotopic (exact) mass is 525 g/mol. The molecule has 5 rings (SSSR count). The van der Waals surface area contributed by atoms with E-state index in [0.29, 0.717) is 24.1 Å². The summed E-state index contributed by atoms with van der Waals surface area (Å²) in [4.78, 5) is 25.5. The Labute approximate surface area is 222 Å². The van der Waals surface area contributed by atoms with E-state index >= 15 is 0 Å². The van der Waals surface area contributed by atoms with Gasteiger partial charge in [0.05, 0.1) is 10.9 Å². The van der Waals surface area contributed by atoms with Crippen LogP contribution in [0.4, 0.5) is 5.69 Å². The molecule has 0 bridgehead atoms. The first kappa shape index (κ1) is 25.4. The molecule has 0 unspecified atom stereocenters. The number of amides is 2. The van der Waals surface area contributed by atoms with E-state index in [4.69, 9.17) is 0 Å². The van der Waals surface area contributed by atoms with Crippen LogP contribution in [0.15, 0.2) is 114 Å². The van der Waals surface area contributed by atoms with Crippen molar-refractivity contribution in [1.29, 1.82) is 0 Å². The fourth-order valence-electron chi connectivity index (χ4n) is 4.54. The fraction of sp³-hybridized carbons (Fsp3) is 0.133. The van der Waals surface area contributed by atoms with E-state index in [1.807, 2.05) is 66.7 Å². The third kappa shape index (κ3) is 5.66. The highest BCUT2D eigenvalue weighted by Gasteiger charge is 2.30. The molecule has 4 aromatic rings. The topological polar surface area (TPSA) is 104 Å². The lowest BCUT2D eigenvalue weighted by Gasteiger charge is -2.25. The highest BCUT2D eigenvalue weighted by molar-refractivity contribution is 7.89. The average Bonchev–Trinajstić information content (AvgIpc) is 2.95. The minimum atomic E-state index is -4.09. The van der Waals surface area contributed by atoms with Crippen molar-refractivity contribution in [1.82, 2.24) is 10.0 Å². The molecule has 0 aromatic heterocycles. The molecule has 1 atom stereocenters. The van der Waals surface area contributed by atoms with Crippen molar-refractivity contribution in [2.24, 2.45) is 0 Å². The molecule has 0 radical (unpaired) electrons. The number of rotatable bonds is 8. The Morgan fingerprint density at radius 2 is 1.29 bits per heavy atom. The Hall–Kier alpha value is -4.27. The maximum absolute atomic E-state index is 13.8. The van der Waals surface area contributed by atoms with E-state index in [0.717, 1.165) is 16.7 Å². The molecule has 7 nitrogen and oxygen atoms in total. The van der Waals surface area contributed by atoms with Crippen LogP contribution in [0.3, 0.4) is 0 Å². The van der Waals surface area contributed by atoms with Crippen LogP contribution < -0.4 is 15.4 Å². The first-order valence-electron chi connectivity index (χ1n) is 12.3. The number of aryl methyl sites for hydroxylation is 1. The zero-order valence-corrected chi connectivity index (χ0v) is 21.3. The highest BCUT2D eigenvalue weighted by Crippen LogP contribution is 2.28. The van der Waals surface area contributed by atoms with Crippen LogP contribution in [0.1, 0.15) is 40.8 Å².